The van der Waals surface area contributed by atoms with Crippen molar-refractivity contribution in [3.8, 4) is 11.5 Å². The van der Waals surface area contributed by atoms with Gasteiger partial charge >= 0.3 is 0 Å². The van der Waals surface area contributed by atoms with E-state index in [2.05, 4.69) is 11.8 Å². The molecule has 1 fully saturated rings. The van der Waals surface area contributed by atoms with E-state index < -0.39 is 0 Å². The van der Waals surface area contributed by atoms with Crippen LogP contribution in [0.2, 0.25) is 0 Å². The summed E-state index contributed by atoms with van der Waals surface area (Å²) in [6.07, 6.45) is 1.17. The van der Waals surface area contributed by atoms with E-state index in [9.17, 15) is 0 Å². The molecule has 0 amide bonds. The van der Waals surface area contributed by atoms with Crippen molar-refractivity contribution in [1.29, 1.82) is 0 Å². The first-order valence-electron chi connectivity index (χ1n) is 7.51. The van der Waals surface area contributed by atoms with Crippen molar-refractivity contribution in [2.45, 2.75) is 25.5 Å². The van der Waals surface area contributed by atoms with Gasteiger partial charge in [-0.05, 0) is 30.7 Å². The SMILES string of the molecule is CCCN1CCOC(C(N)c2ccc(OC)c(OC)c2)C1. The fraction of sp³-hybridized carbons (Fsp3) is 0.625. The Morgan fingerprint density at radius 2 is 2.10 bits per heavy atom. The molecule has 5 heteroatoms. The Morgan fingerprint density at radius 1 is 1.33 bits per heavy atom. The van der Waals surface area contributed by atoms with Gasteiger partial charge in [-0.15, -0.1) is 0 Å². The third-order valence-electron chi connectivity index (χ3n) is 3.91. The van der Waals surface area contributed by atoms with Crippen LogP contribution in [0.1, 0.15) is 24.9 Å². The zero-order valence-electron chi connectivity index (χ0n) is 13.2. The third-order valence-corrected chi connectivity index (χ3v) is 3.91. The van der Waals surface area contributed by atoms with Gasteiger partial charge in [0.2, 0.25) is 0 Å². The Balaban J connectivity index is 2.10. The fourth-order valence-corrected chi connectivity index (χ4v) is 2.74. The summed E-state index contributed by atoms with van der Waals surface area (Å²) in [7, 11) is 3.26. The first kappa shape index (κ1) is 16.1. The number of nitrogens with two attached hydrogens (primary N) is 1. The Morgan fingerprint density at radius 3 is 2.76 bits per heavy atom. The van der Waals surface area contributed by atoms with Gasteiger partial charge in [0.25, 0.3) is 0 Å². The lowest BCUT2D eigenvalue weighted by molar-refractivity contribution is -0.0408. The van der Waals surface area contributed by atoms with Crippen LogP contribution in [-0.4, -0.2) is 51.5 Å². The molecule has 2 rings (SSSR count). The molecule has 5 nitrogen and oxygen atoms in total. The Kier molecular flexibility index (Phi) is 5.85. The zero-order chi connectivity index (χ0) is 15.2. The smallest absolute Gasteiger partial charge is 0.161 e. The minimum absolute atomic E-state index is 0.0170. The molecule has 2 N–H and O–H groups in total. The van der Waals surface area contributed by atoms with Gasteiger partial charge in [-0.3, -0.25) is 4.90 Å². The van der Waals surface area contributed by atoms with Gasteiger partial charge in [-0.1, -0.05) is 13.0 Å². The minimum Gasteiger partial charge on any atom is -0.493 e. The number of rotatable bonds is 6. The summed E-state index contributed by atoms with van der Waals surface area (Å²) in [4.78, 5) is 2.41. The summed E-state index contributed by atoms with van der Waals surface area (Å²) in [5, 5.41) is 0. The van der Waals surface area contributed by atoms with E-state index in [1.807, 2.05) is 18.2 Å². The predicted molar refractivity (Wildman–Crippen MR) is 82.9 cm³/mol. The highest BCUT2D eigenvalue weighted by atomic mass is 16.5. The van der Waals surface area contributed by atoms with Crippen molar-refractivity contribution < 1.29 is 14.2 Å². The Labute approximate surface area is 127 Å². The van der Waals surface area contributed by atoms with Crippen LogP contribution in [0.15, 0.2) is 18.2 Å². The van der Waals surface area contributed by atoms with E-state index in [1.54, 1.807) is 14.2 Å². The molecule has 1 aromatic carbocycles. The lowest BCUT2D eigenvalue weighted by Gasteiger charge is -2.35. The molecule has 1 heterocycles. The highest BCUT2D eigenvalue weighted by Gasteiger charge is 2.27. The molecule has 1 saturated heterocycles. The molecule has 1 aromatic rings. The number of hydrogen-bond donors (Lipinski definition) is 1. The summed E-state index contributed by atoms with van der Waals surface area (Å²) in [6.45, 7) is 5.90. The van der Waals surface area contributed by atoms with E-state index in [-0.39, 0.29) is 12.1 Å². The van der Waals surface area contributed by atoms with Crippen LogP contribution in [0, 0.1) is 0 Å². The van der Waals surface area contributed by atoms with Crippen LogP contribution in [-0.2, 0) is 4.74 Å². The Bertz CT molecular complexity index is 451. The van der Waals surface area contributed by atoms with E-state index >= 15 is 0 Å². The lowest BCUT2D eigenvalue weighted by Crippen LogP contribution is -2.47. The van der Waals surface area contributed by atoms with Crippen LogP contribution >= 0.6 is 0 Å². The second-order valence-electron chi connectivity index (χ2n) is 5.35. The maximum atomic E-state index is 6.40. The molecule has 1 aliphatic rings. The van der Waals surface area contributed by atoms with Gasteiger partial charge < -0.3 is 19.9 Å². The first-order valence-corrected chi connectivity index (χ1v) is 7.51. The van der Waals surface area contributed by atoms with Gasteiger partial charge in [-0.25, -0.2) is 0 Å². The molecule has 1 aliphatic heterocycles. The number of hydrogen-bond acceptors (Lipinski definition) is 5. The maximum absolute atomic E-state index is 6.40. The molecule has 0 bridgehead atoms. The van der Waals surface area contributed by atoms with Gasteiger partial charge in [0.05, 0.1) is 33.0 Å². The predicted octanol–water partition coefficient (Wildman–Crippen LogP) is 1.81. The summed E-state index contributed by atoms with van der Waals surface area (Å²) < 4.78 is 16.5. The number of methoxy groups -OCH3 is 2. The first-order chi connectivity index (χ1) is 10.2. The average molecular weight is 294 g/mol. The van der Waals surface area contributed by atoms with Crippen molar-refractivity contribution >= 4 is 0 Å². The highest BCUT2D eigenvalue weighted by molar-refractivity contribution is 5.44. The standard InChI is InChI=1S/C16H26N2O3/c1-4-7-18-8-9-21-15(11-18)16(17)12-5-6-13(19-2)14(10-12)20-3/h5-6,10,15-16H,4,7-9,11,17H2,1-3H3. The molecule has 0 saturated carbocycles. The number of morpholine rings is 1. The van der Waals surface area contributed by atoms with E-state index in [4.69, 9.17) is 19.9 Å². The van der Waals surface area contributed by atoms with Gasteiger partial charge in [-0.2, -0.15) is 0 Å². The second kappa shape index (κ2) is 7.64. The Hall–Kier alpha value is -1.30. The van der Waals surface area contributed by atoms with Crippen LogP contribution < -0.4 is 15.2 Å². The molecular formula is C16H26N2O3. The zero-order valence-corrected chi connectivity index (χ0v) is 13.2. The van der Waals surface area contributed by atoms with E-state index in [0.29, 0.717) is 11.5 Å². The van der Waals surface area contributed by atoms with Crippen LogP contribution in [0.4, 0.5) is 0 Å². The molecular weight excluding hydrogens is 268 g/mol. The molecule has 2 unspecified atom stereocenters. The molecule has 0 aliphatic carbocycles. The van der Waals surface area contributed by atoms with Crippen molar-refractivity contribution in [2.24, 2.45) is 5.73 Å². The number of ether oxygens (including phenoxy) is 3. The topological polar surface area (TPSA) is 57.0 Å². The van der Waals surface area contributed by atoms with Crippen molar-refractivity contribution in [3.63, 3.8) is 0 Å². The maximum Gasteiger partial charge on any atom is 0.161 e. The lowest BCUT2D eigenvalue weighted by atomic mass is 10.00. The molecule has 0 spiro atoms. The summed E-state index contributed by atoms with van der Waals surface area (Å²) in [5.74, 6) is 1.41. The second-order valence-corrected chi connectivity index (χ2v) is 5.35. The minimum atomic E-state index is -0.163. The third kappa shape index (κ3) is 3.87. The molecule has 0 aromatic heterocycles. The van der Waals surface area contributed by atoms with Crippen LogP contribution in [0.3, 0.4) is 0 Å². The van der Waals surface area contributed by atoms with E-state index in [0.717, 1.165) is 38.2 Å². The van der Waals surface area contributed by atoms with Gasteiger partial charge in [0, 0.05) is 13.1 Å². The molecule has 118 valence electrons. The monoisotopic (exact) mass is 294 g/mol. The van der Waals surface area contributed by atoms with Crippen LogP contribution in [0.5, 0.6) is 11.5 Å². The molecule has 21 heavy (non-hydrogen) atoms. The summed E-state index contributed by atoms with van der Waals surface area (Å²) in [5.41, 5.74) is 7.41. The number of nitrogens with zero attached hydrogens (tertiary/aromatic N) is 1. The van der Waals surface area contributed by atoms with Gasteiger partial charge in [0.15, 0.2) is 11.5 Å². The van der Waals surface area contributed by atoms with Gasteiger partial charge in [0.1, 0.15) is 0 Å². The summed E-state index contributed by atoms with van der Waals surface area (Å²) >= 11 is 0. The largest absolute Gasteiger partial charge is 0.493 e. The normalized spacial score (nSPS) is 21.0. The fourth-order valence-electron chi connectivity index (χ4n) is 2.74. The number of benzene rings is 1. The quantitative estimate of drug-likeness (QED) is 0.867. The van der Waals surface area contributed by atoms with Crippen molar-refractivity contribution in [2.75, 3.05) is 40.5 Å². The highest BCUT2D eigenvalue weighted by Crippen LogP contribution is 2.31. The van der Waals surface area contributed by atoms with Crippen LogP contribution in [0.25, 0.3) is 0 Å². The van der Waals surface area contributed by atoms with E-state index in [1.165, 1.54) is 0 Å². The van der Waals surface area contributed by atoms with Crippen molar-refractivity contribution in [3.05, 3.63) is 23.8 Å². The molecule has 0 radical (unpaired) electrons. The summed E-state index contributed by atoms with van der Waals surface area (Å²) in [6, 6.07) is 5.64. The average Bonchev–Trinajstić information content (AvgIpc) is 2.54. The van der Waals surface area contributed by atoms with Crippen molar-refractivity contribution in [1.82, 2.24) is 4.90 Å². The molecule has 2 atom stereocenters.